The van der Waals surface area contributed by atoms with Gasteiger partial charge in [-0.25, -0.2) is 0 Å². The van der Waals surface area contributed by atoms with E-state index in [9.17, 15) is 0 Å². The molecule has 0 unspecified atom stereocenters. The second-order valence-electron chi connectivity index (χ2n) is 4.41. The first-order chi connectivity index (χ1) is 9.74. The Kier molecular flexibility index (Phi) is 5.18. The summed E-state index contributed by atoms with van der Waals surface area (Å²) in [5.74, 6) is 1.94. The second-order valence-corrected chi connectivity index (χ2v) is 4.79. The zero-order chi connectivity index (χ0) is 14.4. The van der Waals surface area contributed by atoms with Crippen LogP contribution >= 0.6 is 11.6 Å². The fourth-order valence-electron chi connectivity index (χ4n) is 1.89. The molecule has 0 saturated heterocycles. The van der Waals surface area contributed by atoms with Crippen molar-refractivity contribution in [1.82, 2.24) is 10.2 Å². The third kappa shape index (κ3) is 3.61. The van der Waals surface area contributed by atoms with E-state index in [1.165, 1.54) is 0 Å². The number of nitrogens with zero attached hydrogens (tertiary/aromatic N) is 2. The summed E-state index contributed by atoms with van der Waals surface area (Å²) in [6.07, 6.45) is 1.74. The molecular weight excluding hydrogens is 274 g/mol. The summed E-state index contributed by atoms with van der Waals surface area (Å²) in [6.45, 7) is 2.74. The second kappa shape index (κ2) is 7.10. The summed E-state index contributed by atoms with van der Waals surface area (Å²) < 4.78 is 5.74. The van der Waals surface area contributed by atoms with E-state index in [2.05, 4.69) is 23.2 Å². The van der Waals surface area contributed by atoms with E-state index in [1.807, 2.05) is 18.2 Å². The molecule has 1 heterocycles. The van der Waals surface area contributed by atoms with Crippen LogP contribution in [0.5, 0.6) is 5.75 Å². The van der Waals surface area contributed by atoms with E-state index in [-0.39, 0.29) is 0 Å². The fourth-order valence-corrected chi connectivity index (χ4v) is 2.00. The standard InChI is InChI=1S/C15H18ClN3O/c1-2-11-10-12(13-5-7-15(17)19-18-13)4-6-14(11)20-9-3-8-16/h4-7,10H,2-3,8-9H2,1H3,(H2,17,19). The molecule has 2 N–H and O–H groups in total. The summed E-state index contributed by atoms with van der Waals surface area (Å²) in [5, 5.41) is 7.97. The van der Waals surface area contributed by atoms with Crippen LogP contribution in [0.3, 0.4) is 0 Å². The topological polar surface area (TPSA) is 61.0 Å². The highest BCUT2D eigenvalue weighted by molar-refractivity contribution is 6.17. The molecule has 5 heteroatoms. The van der Waals surface area contributed by atoms with Gasteiger partial charge < -0.3 is 10.5 Å². The number of hydrogen-bond donors (Lipinski definition) is 1. The summed E-state index contributed by atoms with van der Waals surface area (Å²) in [7, 11) is 0. The largest absolute Gasteiger partial charge is 0.493 e. The van der Waals surface area contributed by atoms with Gasteiger partial charge >= 0.3 is 0 Å². The van der Waals surface area contributed by atoms with Crippen LogP contribution in [0.15, 0.2) is 30.3 Å². The van der Waals surface area contributed by atoms with Gasteiger partial charge in [0.15, 0.2) is 0 Å². The fraction of sp³-hybridized carbons (Fsp3) is 0.333. The van der Waals surface area contributed by atoms with Gasteiger partial charge in [0, 0.05) is 11.4 Å². The van der Waals surface area contributed by atoms with Crippen LogP contribution in [-0.4, -0.2) is 22.7 Å². The average Bonchev–Trinajstić information content (AvgIpc) is 2.48. The number of aryl methyl sites for hydroxylation is 1. The van der Waals surface area contributed by atoms with Gasteiger partial charge in [0.2, 0.25) is 0 Å². The summed E-state index contributed by atoms with van der Waals surface area (Å²) in [6, 6.07) is 9.65. The third-order valence-corrected chi connectivity index (χ3v) is 3.23. The summed E-state index contributed by atoms with van der Waals surface area (Å²) in [4.78, 5) is 0. The lowest BCUT2D eigenvalue weighted by Crippen LogP contribution is -2.01. The van der Waals surface area contributed by atoms with Crippen molar-refractivity contribution in [3.8, 4) is 17.0 Å². The zero-order valence-electron chi connectivity index (χ0n) is 11.5. The van der Waals surface area contributed by atoms with Crippen LogP contribution in [0, 0.1) is 0 Å². The monoisotopic (exact) mass is 291 g/mol. The molecule has 0 spiro atoms. The van der Waals surface area contributed by atoms with Gasteiger partial charge in [0.05, 0.1) is 12.3 Å². The highest BCUT2D eigenvalue weighted by atomic mass is 35.5. The number of rotatable bonds is 6. The van der Waals surface area contributed by atoms with Crippen molar-refractivity contribution >= 4 is 17.4 Å². The van der Waals surface area contributed by atoms with Crippen LogP contribution in [0.2, 0.25) is 0 Å². The normalized spacial score (nSPS) is 10.5. The summed E-state index contributed by atoms with van der Waals surface area (Å²) >= 11 is 5.65. The van der Waals surface area contributed by atoms with E-state index < -0.39 is 0 Å². The molecule has 0 aliphatic heterocycles. The Labute approximate surface area is 123 Å². The predicted molar refractivity (Wildman–Crippen MR) is 82.1 cm³/mol. The van der Waals surface area contributed by atoms with Crippen LogP contribution in [0.25, 0.3) is 11.3 Å². The number of nitrogens with two attached hydrogens (primary N) is 1. The van der Waals surface area contributed by atoms with Crippen molar-refractivity contribution in [2.24, 2.45) is 0 Å². The smallest absolute Gasteiger partial charge is 0.146 e. The van der Waals surface area contributed by atoms with Gasteiger partial charge in [-0.3, -0.25) is 0 Å². The quantitative estimate of drug-likeness (QED) is 0.655. The maximum Gasteiger partial charge on any atom is 0.146 e. The first-order valence-electron chi connectivity index (χ1n) is 6.66. The number of benzene rings is 1. The van der Waals surface area contributed by atoms with Gasteiger partial charge in [-0.05, 0) is 48.7 Å². The van der Waals surface area contributed by atoms with E-state index in [0.717, 1.165) is 35.4 Å². The molecule has 20 heavy (non-hydrogen) atoms. The number of alkyl halides is 1. The molecule has 2 rings (SSSR count). The van der Waals surface area contributed by atoms with Crippen molar-refractivity contribution in [2.45, 2.75) is 19.8 Å². The van der Waals surface area contributed by atoms with Crippen LogP contribution in [0.4, 0.5) is 5.82 Å². The lowest BCUT2D eigenvalue weighted by molar-refractivity contribution is 0.315. The molecule has 0 fully saturated rings. The van der Waals surface area contributed by atoms with Gasteiger partial charge in [0.25, 0.3) is 0 Å². The van der Waals surface area contributed by atoms with Gasteiger partial charge in [0.1, 0.15) is 11.6 Å². The molecule has 0 bridgehead atoms. The van der Waals surface area contributed by atoms with E-state index in [1.54, 1.807) is 6.07 Å². The first kappa shape index (κ1) is 14.6. The lowest BCUT2D eigenvalue weighted by Gasteiger charge is -2.11. The Hall–Kier alpha value is -1.81. The molecule has 1 aromatic heterocycles. The third-order valence-electron chi connectivity index (χ3n) is 2.96. The van der Waals surface area contributed by atoms with Crippen molar-refractivity contribution in [3.05, 3.63) is 35.9 Å². The van der Waals surface area contributed by atoms with Gasteiger partial charge in [-0.1, -0.05) is 6.92 Å². The number of anilines is 1. The molecule has 0 radical (unpaired) electrons. The lowest BCUT2D eigenvalue weighted by atomic mass is 10.1. The molecule has 0 aliphatic rings. The Bertz CT molecular complexity index is 558. The maximum absolute atomic E-state index is 5.74. The van der Waals surface area contributed by atoms with Gasteiger partial charge in [-0.15, -0.1) is 21.8 Å². The Morgan fingerprint density at radius 1 is 1.20 bits per heavy atom. The molecule has 0 atom stereocenters. The van der Waals surface area contributed by atoms with Crippen molar-refractivity contribution in [3.63, 3.8) is 0 Å². The molecular formula is C15H18ClN3O. The van der Waals surface area contributed by atoms with E-state index in [4.69, 9.17) is 22.1 Å². The zero-order valence-corrected chi connectivity index (χ0v) is 12.2. The highest BCUT2D eigenvalue weighted by Crippen LogP contribution is 2.26. The minimum atomic E-state index is 0.422. The molecule has 106 valence electrons. The number of hydrogen-bond acceptors (Lipinski definition) is 4. The van der Waals surface area contributed by atoms with Crippen molar-refractivity contribution < 1.29 is 4.74 Å². The predicted octanol–water partition coefficient (Wildman–Crippen LogP) is 3.30. The molecule has 0 saturated carbocycles. The molecule has 1 aromatic carbocycles. The molecule has 4 nitrogen and oxygen atoms in total. The Morgan fingerprint density at radius 3 is 2.70 bits per heavy atom. The Morgan fingerprint density at radius 2 is 2.05 bits per heavy atom. The number of nitrogen functional groups attached to an aromatic ring is 1. The number of ether oxygens (including phenoxy) is 1. The van der Waals surface area contributed by atoms with E-state index >= 15 is 0 Å². The van der Waals surface area contributed by atoms with Gasteiger partial charge in [-0.2, -0.15) is 0 Å². The molecule has 2 aromatic rings. The minimum Gasteiger partial charge on any atom is -0.493 e. The van der Waals surface area contributed by atoms with E-state index in [0.29, 0.717) is 18.3 Å². The molecule has 0 amide bonds. The summed E-state index contributed by atoms with van der Waals surface area (Å²) in [5.41, 5.74) is 8.52. The number of aromatic nitrogens is 2. The van der Waals surface area contributed by atoms with Crippen molar-refractivity contribution in [2.75, 3.05) is 18.2 Å². The average molecular weight is 292 g/mol. The SMILES string of the molecule is CCc1cc(-c2ccc(N)nn2)ccc1OCCCCl. The van der Waals surface area contributed by atoms with Crippen LogP contribution < -0.4 is 10.5 Å². The van der Waals surface area contributed by atoms with Crippen LogP contribution in [0.1, 0.15) is 18.9 Å². The van der Waals surface area contributed by atoms with Crippen molar-refractivity contribution in [1.29, 1.82) is 0 Å². The number of halogens is 1. The van der Waals surface area contributed by atoms with Crippen LogP contribution in [-0.2, 0) is 6.42 Å². The minimum absolute atomic E-state index is 0.422. The maximum atomic E-state index is 5.74. The first-order valence-corrected chi connectivity index (χ1v) is 7.19. The highest BCUT2D eigenvalue weighted by Gasteiger charge is 2.06. The Balaban J connectivity index is 2.22. The molecule has 0 aliphatic carbocycles.